The first-order chi connectivity index (χ1) is 1.00. The third kappa shape index (κ3) is 9.63. The van der Waals surface area contributed by atoms with Crippen LogP contribution in [-0.2, 0) is 19.8 Å². The van der Waals surface area contributed by atoms with Crippen molar-refractivity contribution in [3.8, 4) is 0 Å². The van der Waals surface area contributed by atoms with Crippen molar-refractivity contribution in [3.05, 3.63) is 0 Å². The van der Waals surface area contributed by atoms with E-state index < -0.39 is 0 Å². The van der Waals surface area contributed by atoms with Crippen LogP contribution >= 0.6 is 0 Å². The van der Waals surface area contributed by atoms with Crippen molar-refractivity contribution in [2.45, 2.75) is 0 Å². The van der Waals surface area contributed by atoms with Crippen LogP contribution < -0.4 is 0 Å². The first-order valence-electron chi connectivity index (χ1n) is 0.154. The van der Waals surface area contributed by atoms with E-state index >= 15 is 0 Å². The SMILES string of the molecule is [CaH+].[OH-].[O]=[Mn]. The monoisotopic (exact) mass is 129 g/mol. The first-order valence-corrected chi connectivity index (χ1v) is 0.636. The molecule has 0 heterocycles. The third-order valence-electron chi connectivity index (χ3n) is 0. The minimum atomic E-state index is 0. The molecule has 23 valence electrons. The predicted molar refractivity (Wildman–Crippen MR) is 9.77 cm³/mol. The Bertz CT molecular complexity index is 6.00. The molecule has 0 aromatic carbocycles. The average Bonchev–Trinajstić information content (AvgIpc) is 1.00. The number of hydrogen-bond acceptors (Lipinski definition) is 2. The fourth-order valence-electron chi connectivity index (χ4n) is 0. The van der Waals surface area contributed by atoms with E-state index in [9.17, 15) is 0 Å². The van der Waals surface area contributed by atoms with Gasteiger partial charge in [-0.15, -0.1) is 0 Å². The summed E-state index contributed by atoms with van der Waals surface area (Å²) < 4.78 is 8.06. The van der Waals surface area contributed by atoms with Gasteiger partial charge in [-0.3, -0.25) is 0 Å². The van der Waals surface area contributed by atoms with E-state index in [4.69, 9.17) is 3.83 Å². The molecular weight excluding hydrogens is 127 g/mol. The molecule has 2 nitrogen and oxygen atoms in total. The summed E-state index contributed by atoms with van der Waals surface area (Å²) >= 11 is 1.69. The van der Waals surface area contributed by atoms with Gasteiger partial charge in [-0.2, -0.15) is 0 Å². The molecule has 0 saturated carbocycles. The normalized spacial score (nSPS) is 1.00. The predicted octanol–water partition coefficient (Wildman–Crippen LogP) is -0.947. The molecule has 0 aromatic rings. The van der Waals surface area contributed by atoms with Gasteiger partial charge in [0.2, 0.25) is 0 Å². The van der Waals surface area contributed by atoms with Gasteiger partial charge < -0.3 is 5.48 Å². The zero-order valence-electron chi connectivity index (χ0n) is 2.23. The Morgan fingerprint density at radius 2 is 1.25 bits per heavy atom. The minimum absolute atomic E-state index is 0. The van der Waals surface area contributed by atoms with Gasteiger partial charge in [-0.05, 0) is 0 Å². The van der Waals surface area contributed by atoms with E-state index in [0.717, 1.165) is 0 Å². The van der Waals surface area contributed by atoms with Gasteiger partial charge in [0.25, 0.3) is 0 Å². The van der Waals surface area contributed by atoms with E-state index in [-0.39, 0.29) is 43.2 Å². The Morgan fingerprint density at radius 1 is 1.25 bits per heavy atom. The summed E-state index contributed by atoms with van der Waals surface area (Å²) in [6.45, 7) is 0. The molecule has 4 heteroatoms. The van der Waals surface area contributed by atoms with Crippen LogP contribution in [0.2, 0.25) is 0 Å². The van der Waals surface area contributed by atoms with Crippen molar-refractivity contribution in [3.63, 3.8) is 0 Å². The second-order valence-corrected chi connectivity index (χ2v) is 0. The number of rotatable bonds is 0. The molecule has 0 atom stereocenters. The second-order valence-electron chi connectivity index (χ2n) is 0. The van der Waals surface area contributed by atoms with E-state index in [1.54, 1.807) is 15.9 Å². The van der Waals surface area contributed by atoms with Crippen molar-refractivity contribution in [2.75, 3.05) is 0 Å². The molecule has 0 saturated heterocycles. The summed E-state index contributed by atoms with van der Waals surface area (Å²) in [5.74, 6) is 0. The number of hydrogen-bond donors (Lipinski definition) is 0. The molecule has 0 fully saturated rings. The van der Waals surface area contributed by atoms with Gasteiger partial charge >= 0.3 is 57.5 Å². The Labute approximate surface area is 62.3 Å². The molecule has 0 spiro atoms. The maximum absolute atomic E-state index is 8.06. The zero-order valence-corrected chi connectivity index (χ0v) is 6.54. The van der Waals surface area contributed by atoms with E-state index in [1.807, 2.05) is 0 Å². The van der Waals surface area contributed by atoms with Crippen molar-refractivity contribution in [2.24, 2.45) is 0 Å². The van der Waals surface area contributed by atoms with Crippen LogP contribution in [0.15, 0.2) is 0 Å². The van der Waals surface area contributed by atoms with E-state index in [2.05, 4.69) is 0 Å². The van der Waals surface area contributed by atoms with Gasteiger partial charge in [0.05, 0.1) is 0 Å². The average molecular weight is 129 g/mol. The molecule has 0 aliphatic rings. The molecule has 0 aromatic heterocycles. The van der Waals surface area contributed by atoms with Crippen molar-refractivity contribution in [1.29, 1.82) is 0 Å². The summed E-state index contributed by atoms with van der Waals surface area (Å²) in [6.07, 6.45) is 0. The van der Waals surface area contributed by atoms with Crippen molar-refractivity contribution < 1.29 is 25.3 Å². The molecule has 0 aliphatic heterocycles. The topological polar surface area (TPSA) is 47.1 Å². The van der Waals surface area contributed by atoms with E-state index in [1.165, 1.54) is 0 Å². The fraction of sp³-hybridized carbons (Fsp3) is 0. The van der Waals surface area contributed by atoms with Crippen molar-refractivity contribution in [1.82, 2.24) is 0 Å². The summed E-state index contributed by atoms with van der Waals surface area (Å²) in [6, 6.07) is 0. The van der Waals surface area contributed by atoms with Crippen LogP contribution in [0, 0.1) is 0 Å². The fourth-order valence-corrected chi connectivity index (χ4v) is 0. The van der Waals surface area contributed by atoms with Crippen LogP contribution in [-0.4, -0.2) is 43.2 Å². The maximum atomic E-state index is 8.06. The van der Waals surface area contributed by atoms with Gasteiger partial charge in [-0.1, -0.05) is 0 Å². The van der Waals surface area contributed by atoms with Gasteiger partial charge in [0.1, 0.15) is 0 Å². The molecule has 0 unspecified atom stereocenters. The molecule has 0 rings (SSSR count). The second kappa shape index (κ2) is 24.0. The Kier molecular flexibility index (Phi) is 106. The molecular formula is H2CaMnO2. The van der Waals surface area contributed by atoms with Gasteiger partial charge in [0.15, 0.2) is 0 Å². The molecule has 0 amide bonds. The Hall–Kier alpha value is 1.54. The Morgan fingerprint density at radius 3 is 1.25 bits per heavy atom. The zero-order chi connectivity index (χ0) is 2.00. The van der Waals surface area contributed by atoms with Crippen LogP contribution in [0.4, 0.5) is 0 Å². The van der Waals surface area contributed by atoms with Crippen molar-refractivity contribution >= 4 is 37.7 Å². The Balaban J connectivity index is -0.00000000500. The summed E-state index contributed by atoms with van der Waals surface area (Å²) in [7, 11) is 0. The molecule has 1 N–H and O–H groups in total. The molecule has 0 bridgehead atoms. The van der Waals surface area contributed by atoms with Crippen LogP contribution in [0.3, 0.4) is 0 Å². The van der Waals surface area contributed by atoms with Crippen LogP contribution in [0.1, 0.15) is 0 Å². The summed E-state index contributed by atoms with van der Waals surface area (Å²) in [5, 5.41) is 0. The first kappa shape index (κ1) is 17.7. The third-order valence-corrected chi connectivity index (χ3v) is 0. The van der Waals surface area contributed by atoms with Crippen LogP contribution in [0.5, 0.6) is 0 Å². The molecule has 0 aliphatic carbocycles. The summed E-state index contributed by atoms with van der Waals surface area (Å²) in [4.78, 5) is 0. The quantitative estimate of drug-likeness (QED) is 0.396. The molecule has 0 radical (unpaired) electrons. The van der Waals surface area contributed by atoms with Gasteiger partial charge in [0, 0.05) is 0 Å². The summed E-state index contributed by atoms with van der Waals surface area (Å²) in [5.41, 5.74) is 0. The standard InChI is InChI=1S/Ca.Mn.H2O.O.H/h;;1H2;;/q+1;;;;/p-1. The van der Waals surface area contributed by atoms with E-state index in [0.29, 0.717) is 0 Å². The van der Waals surface area contributed by atoms with Crippen LogP contribution in [0.25, 0.3) is 0 Å². The molecule has 4 heavy (non-hydrogen) atoms. The van der Waals surface area contributed by atoms with Gasteiger partial charge in [-0.25, -0.2) is 0 Å².